The number of hydrogen-bond donors (Lipinski definition) is 4. The molecule has 0 saturated carbocycles. The molecule has 0 heterocycles. The van der Waals surface area contributed by atoms with Crippen molar-refractivity contribution in [2.24, 2.45) is 20.6 Å². The predicted octanol–water partition coefficient (Wildman–Crippen LogP) is -0.190. The van der Waals surface area contributed by atoms with Crippen molar-refractivity contribution in [1.82, 2.24) is 0 Å². The monoisotopic (exact) mass is 234 g/mol. The van der Waals surface area contributed by atoms with E-state index in [2.05, 4.69) is 20.6 Å². The zero-order valence-corrected chi connectivity index (χ0v) is 7.19. The molecule has 0 atom stereocenters. The molecule has 0 amide bonds. The quantitative estimate of drug-likeness (QED) is 0.228. The Hall–Kier alpha value is -1.63. The summed E-state index contributed by atoms with van der Waals surface area (Å²) in [5.74, 6) is 0. The van der Waals surface area contributed by atoms with Crippen molar-refractivity contribution in [3.63, 3.8) is 0 Å². The fourth-order valence-corrected chi connectivity index (χ4v) is 0.119. The van der Waals surface area contributed by atoms with E-state index in [1.54, 1.807) is 0 Å². The van der Waals surface area contributed by atoms with Crippen LogP contribution in [0.25, 0.3) is 0 Å². The van der Waals surface area contributed by atoms with E-state index >= 15 is 0 Å². The average Bonchev–Trinajstić information content (AvgIpc) is 2.12. The molecular formula is C4H8N4NiO4. The van der Waals surface area contributed by atoms with Crippen LogP contribution in [-0.2, 0) is 16.5 Å². The molecule has 0 rings (SSSR count). The first-order valence-electron chi connectivity index (χ1n) is 2.50. The third kappa shape index (κ3) is 38.0. The molecule has 13 heavy (non-hydrogen) atoms. The van der Waals surface area contributed by atoms with Crippen LogP contribution in [0, 0.1) is 0 Å². The van der Waals surface area contributed by atoms with Crippen LogP contribution in [0.1, 0.15) is 0 Å². The van der Waals surface area contributed by atoms with Gasteiger partial charge in [-0.3, -0.25) is 0 Å². The van der Waals surface area contributed by atoms with Crippen molar-refractivity contribution in [2.75, 3.05) is 0 Å². The summed E-state index contributed by atoms with van der Waals surface area (Å²) in [6.07, 6.45) is 3.78. The number of nitrogens with zero attached hydrogens (tertiary/aromatic N) is 4. The van der Waals surface area contributed by atoms with E-state index in [9.17, 15) is 0 Å². The summed E-state index contributed by atoms with van der Waals surface area (Å²) >= 11 is 0. The number of rotatable bonds is 2. The Morgan fingerprint density at radius 2 is 0.692 bits per heavy atom. The van der Waals surface area contributed by atoms with Gasteiger partial charge in [-0.05, 0) is 0 Å². The minimum Gasteiger partial charge on any atom is -0.411 e. The molecule has 0 aliphatic heterocycles. The maximum atomic E-state index is 7.56. The molecule has 0 bridgehead atoms. The molecule has 0 saturated heterocycles. The van der Waals surface area contributed by atoms with Gasteiger partial charge in [0, 0.05) is 16.5 Å². The van der Waals surface area contributed by atoms with E-state index in [-0.39, 0.29) is 16.5 Å². The van der Waals surface area contributed by atoms with Gasteiger partial charge < -0.3 is 20.8 Å². The van der Waals surface area contributed by atoms with E-state index in [4.69, 9.17) is 20.8 Å². The molecule has 9 heteroatoms. The molecule has 0 fully saturated rings. The van der Waals surface area contributed by atoms with Crippen LogP contribution in [0.3, 0.4) is 0 Å². The van der Waals surface area contributed by atoms with Gasteiger partial charge >= 0.3 is 0 Å². The molecule has 4 N–H and O–H groups in total. The van der Waals surface area contributed by atoms with Gasteiger partial charge in [0.2, 0.25) is 0 Å². The molecule has 0 aromatic carbocycles. The molecule has 0 radical (unpaired) electrons. The van der Waals surface area contributed by atoms with Crippen molar-refractivity contribution in [2.45, 2.75) is 0 Å². The summed E-state index contributed by atoms with van der Waals surface area (Å²) in [4.78, 5) is 0. The normalized spacial score (nSPS) is 10.5. The maximum absolute atomic E-state index is 7.56. The molecule has 0 aromatic heterocycles. The van der Waals surface area contributed by atoms with Crippen LogP contribution < -0.4 is 0 Å². The van der Waals surface area contributed by atoms with Crippen LogP contribution >= 0.6 is 0 Å². The molecule has 8 nitrogen and oxygen atoms in total. The van der Waals surface area contributed by atoms with E-state index in [1.165, 1.54) is 0 Å². The smallest absolute Gasteiger partial charge is 0.0877 e. The zero-order valence-electron chi connectivity index (χ0n) is 6.20. The van der Waals surface area contributed by atoms with Crippen LogP contribution in [-0.4, -0.2) is 45.7 Å². The van der Waals surface area contributed by atoms with Gasteiger partial charge in [0.1, 0.15) is 0 Å². The standard InChI is InChI=1S/2C2H4N2O2.Ni/c2*5-3-1-2-4-6;/h2*1-2,5-6H;/b2*3-1+,4-2+;. The summed E-state index contributed by atoms with van der Waals surface area (Å²) in [7, 11) is 0. The minimum absolute atomic E-state index is 0. The Balaban J connectivity index is -0.000000143. The number of hydrogen-bond acceptors (Lipinski definition) is 8. The largest absolute Gasteiger partial charge is 0.411 e. The Morgan fingerprint density at radius 3 is 0.769 bits per heavy atom. The van der Waals surface area contributed by atoms with Gasteiger partial charge in [-0.25, -0.2) is 0 Å². The van der Waals surface area contributed by atoms with Gasteiger partial charge in [0.05, 0.1) is 24.9 Å². The maximum Gasteiger partial charge on any atom is 0.0877 e. The second-order valence-electron chi connectivity index (χ2n) is 1.06. The molecule has 78 valence electrons. The summed E-state index contributed by atoms with van der Waals surface area (Å²) in [5.41, 5.74) is 0. The van der Waals surface area contributed by atoms with Crippen molar-refractivity contribution in [3.8, 4) is 0 Å². The molecule has 0 unspecified atom stereocenters. The fourth-order valence-electron chi connectivity index (χ4n) is 0.119. The topological polar surface area (TPSA) is 130 Å². The summed E-state index contributed by atoms with van der Waals surface area (Å²) < 4.78 is 0. The first-order chi connectivity index (χ1) is 5.83. The van der Waals surface area contributed by atoms with Crippen molar-refractivity contribution in [1.29, 1.82) is 0 Å². The van der Waals surface area contributed by atoms with Crippen LogP contribution in [0.2, 0.25) is 0 Å². The van der Waals surface area contributed by atoms with Gasteiger partial charge in [0.15, 0.2) is 0 Å². The van der Waals surface area contributed by atoms with Gasteiger partial charge in [0.25, 0.3) is 0 Å². The molecule has 0 spiro atoms. The van der Waals surface area contributed by atoms with Gasteiger partial charge in [-0.1, -0.05) is 20.6 Å². The second kappa shape index (κ2) is 22.4. The molecule has 0 aliphatic rings. The third-order valence-corrected chi connectivity index (χ3v) is 0.400. The minimum atomic E-state index is 0. The number of oxime groups is 4. The SMILES string of the molecule is O/N=C/C=N/O.O/N=C/C=N/O.[Ni]. The van der Waals surface area contributed by atoms with E-state index in [1.807, 2.05) is 0 Å². The average molecular weight is 235 g/mol. The van der Waals surface area contributed by atoms with E-state index in [0.717, 1.165) is 24.9 Å². The van der Waals surface area contributed by atoms with Crippen molar-refractivity contribution < 1.29 is 37.3 Å². The van der Waals surface area contributed by atoms with Gasteiger partial charge in [-0.2, -0.15) is 0 Å². The summed E-state index contributed by atoms with van der Waals surface area (Å²) in [6, 6.07) is 0. The Labute approximate surface area is 83.5 Å². The zero-order chi connectivity index (χ0) is 9.66. The predicted molar refractivity (Wildman–Crippen MR) is 41.1 cm³/mol. The van der Waals surface area contributed by atoms with Crippen LogP contribution in [0.5, 0.6) is 0 Å². The van der Waals surface area contributed by atoms with Crippen molar-refractivity contribution in [3.05, 3.63) is 0 Å². The van der Waals surface area contributed by atoms with E-state index < -0.39 is 0 Å². The molecule has 0 aromatic rings. The Kier molecular flexibility index (Phi) is 30.1. The van der Waals surface area contributed by atoms with Crippen molar-refractivity contribution >= 4 is 24.9 Å². The third-order valence-electron chi connectivity index (χ3n) is 0.400. The summed E-state index contributed by atoms with van der Waals surface area (Å²) in [6.45, 7) is 0. The first-order valence-corrected chi connectivity index (χ1v) is 2.50. The van der Waals surface area contributed by atoms with Gasteiger partial charge in [-0.15, -0.1) is 0 Å². The van der Waals surface area contributed by atoms with Crippen LogP contribution in [0.15, 0.2) is 20.6 Å². The van der Waals surface area contributed by atoms with Crippen LogP contribution in [0.4, 0.5) is 0 Å². The molecule has 0 aliphatic carbocycles. The second-order valence-corrected chi connectivity index (χ2v) is 1.06. The first kappa shape index (κ1) is 17.5. The fraction of sp³-hybridized carbons (Fsp3) is 0. The van der Waals surface area contributed by atoms with E-state index in [0.29, 0.717) is 0 Å². The Morgan fingerprint density at radius 1 is 0.538 bits per heavy atom. The Bertz CT molecular complexity index is 141. The molecular weight excluding hydrogens is 227 g/mol. The summed E-state index contributed by atoms with van der Waals surface area (Å²) in [5, 5.41) is 40.2.